The van der Waals surface area contributed by atoms with Crippen LogP contribution in [0.15, 0.2) is 134 Å². The lowest BCUT2D eigenvalue weighted by Crippen LogP contribution is -2.30. The SMILES string of the molecule is CC/C=C\C/C=C\C/C=C\C/C=C\C/C=C\C/C=C\C/C=C\C/C=C\C/C=C\CCCC(=O)OCC(COC(=O)CCCCCCC/C=C\C/C=C\CCCC)OC(=O)CCCCCCCCCCCCCCCCCCCC. The van der Waals surface area contributed by atoms with Gasteiger partial charge in [-0.15, -0.1) is 0 Å². The summed E-state index contributed by atoms with van der Waals surface area (Å²) >= 11 is 0. The van der Waals surface area contributed by atoms with Crippen molar-refractivity contribution in [3.8, 4) is 0 Å². The molecule has 0 aliphatic rings. The van der Waals surface area contributed by atoms with Gasteiger partial charge in [0.1, 0.15) is 13.2 Å². The molecule has 79 heavy (non-hydrogen) atoms. The highest BCUT2D eigenvalue weighted by Gasteiger charge is 2.19. The Morgan fingerprint density at radius 3 is 0.861 bits per heavy atom. The minimum absolute atomic E-state index is 0.105. The van der Waals surface area contributed by atoms with Gasteiger partial charge in [0.25, 0.3) is 0 Å². The van der Waals surface area contributed by atoms with Crippen molar-refractivity contribution < 1.29 is 28.6 Å². The third-order valence-electron chi connectivity index (χ3n) is 13.6. The minimum Gasteiger partial charge on any atom is -0.462 e. The van der Waals surface area contributed by atoms with Gasteiger partial charge >= 0.3 is 17.9 Å². The number of rotatable bonds is 58. The quantitative estimate of drug-likeness (QED) is 0.0261. The number of carbonyl (C=O) groups excluding carboxylic acids is 3. The molecule has 0 saturated heterocycles. The van der Waals surface area contributed by atoms with Crippen molar-refractivity contribution in [3.05, 3.63) is 134 Å². The van der Waals surface area contributed by atoms with Gasteiger partial charge in [-0.1, -0.05) is 296 Å². The fourth-order valence-electron chi connectivity index (χ4n) is 8.76. The predicted molar refractivity (Wildman–Crippen MR) is 343 cm³/mol. The van der Waals surface area contributed by atoms with Gasteiger partial charge in [-0.25, -0.2) is 0 Å². The number of carbonyl (C=O) groups is 3. The molecule has 0 spiro atoms. The second kappa shape index (κ2) is 66.1. The van der Waals surface area contributed by atoms with E-state index in [-0.39, 0.29) is 37.5 Å². The molecular formula is C73H120O6. The monoisotopic (exact) mass is 1090 g/mol. The Morgan fingerprint density at radius 1 is 0.266 bits per heavy atom. The number of ether oxygens (including phenoxy) is 3. The van der Waals surface area contributed by atoms with Gasteiger partial charge < -0.3 is 14.2 Å². The fraction of sp³-hybridized carbons (Fsp3) is 0.658. The lowest BCUT2D eigenvalue weighted by atomic mass is 10.0. The first-order valence-corrected chi connectivity index (χ1v) is 32.7. The minimum atomic E-state index is -0.811. The third kappa shape index (κ3) is 64.3. The predicted octanol–water partition coefficient (Wildman–Crippen LogP) is 22.5. The summed E-state index contributed by atoms with van der Waals surface area (Å²) < 4.78 is 16.9. The van der Waals surface area contributed by atoms with E-state index in [9.17, 15) is 14.4 Å². The summed E-state index contributed by atoms with van der Waals surface area (Å²) in [6.07, 6.45) is 93.2. The van der Waals surface area contributed by atoms with Crippen LogP contribution >= 0.6 is 0 Å². The topological polar surface area (TPSA) is 78.9 Å². The molecular weight excluding hydrogens is 973 g/mol. The number of esters is 3. The summed E-state index contributed by atoms with van der Waals surface area (Å²) in [5.41, 5.74) is 0. The van der Waals surface area contributed by atoms with Crippen LogP contribution in [0.3, 0.4) is 0 Å². The number of allylic oxidation sites excluding steroid dienone is 22. The summed E-state index contributed by atoms with van der Waals surface area (Å²) in [6, 6.07) is 0. The molecule has 0 amide bonds. The van der Waals surface area contributed by atoms with E-state index in [1.54, 1.807) is 0 Å². The second-order valence-electron chi connectivity index (χ2n) is 21.3. The van der Waals surface area contributed by atoms with E-state index in [1.807, 2.05) is 0 Å². The molecule has 0 N–H and O–H groups in total. The van der Waals surface area contributed by atoms with Crippen LogP contribution in [0.2, 0.25) is 0 Å². The Bertz CT molecular complexity index is 1680. The van der Waals surface area contributed by atoms with Crippen LogP contribution in [0.1, 0.15) is 290 Å². The molecule has 0 fully saturated rings. The van der Waals surface area contributed by atoms with Gasteiger partial charge in [0.2, 0.25) is 0 Å². The van der Waals surface area contributed by atoms with Gasteiger partial charge in [0, 0.05) is 19.3 Å². The first-order valence-electron chi connectivity index (χ1n) is 32.7. The highest BCUT2D eigenvalue weighted by Crippen LogP contribution is 2.16. The maximum absolute atomic E-state index is 12.9. The summed E-state index contributed by atoms with van der Waals surface area (Å²) in [5, 5.41) is 0. The Labute approximate surface area is 487 Å². The van der Waals surface area contributed by atoms with Crippen molar-refractivity contribution in [2.24, 2.45) is 0 Å². The normalized spacial score (nSPS) is 13.0. The number of unbranched alkanes of at least 4 members (excludes halogenated alkanes) is 25. The van der Waals surface area contributed by atoms with E-state index in [0.717, 1.165) is 128 Å². The second-order valence-corrected chi connectivity index (χ2v) is 21.3. The number of hydrogen-bond acceptors (Lipinski definition) is 6. The zero-order valence-electron chi connectivity index (χ0n) is 51.3. The van der Waals surface area contributed by atoms with Gasteiger partial charge in [-0.3, -0.25) is 14.4 Å². The van der Waals surface area contributed by atoms with Gasteiger partial charge in [-0.2, -0.15) is 0 Å². The average molecular weight is 1090 g/mol. The van der Waals surface area contributed by atoms with Crippen LogP contribution in [0, 0.1) is 0 Å². The first kappa shape index (κ1) is 74.5. The van der Waals surface area contributed by atoms with Crippen LogP contribution < -0.4 is 0 Å². The van der Waals surface area contributed by atoms with Crippen molar-refractivity contribution in [3.63, 3.8) is 0 Å². The lowest BCUT2D eigenvalue weighted by molar-refractivity contribution is -0.167. The molecule has 448 valence electrons. The van der Waals surface area contributed by atoms with E-state index in [1.165, 1.54) is 116 Å². The van der Waals surface area contributed by atoms with Crippen molar-refractivity contribution in [1.29, 1.82) is 0 Å². The zero-order valence-corrected chi connectivity index (χ0v) is 51.3. The molecule has 0 aliphatic carbocycles. The molecule has 0 aliphatic heterocycles. The van der Waals surface area contributed by atoms with Crippen LogP contribution in [0.4, 0.5) is 0 Å². The third-order valence-corrected chi connectivity index (χ3v) is 13.6. The van der Waals surface area contributed by atoms with Crippen LogP contribution in [0.5, 0.6) is 0 Å². The van der Waals surface area contributed by atoms with E-state index in [2.05, 4.69) is 154 Å². The molecule has 6 heteroatoms. The Kier molecular flexibility index (Phi) is 62.3. The summed E-state index contributed by atoms with van der Waals surface area (Å²) in [4.78, 5) is 38.3. The fourth-order valence-corrected chi connectivity index (χ4v) is 8.76. The highest BCUT2D eigenvalue weighted by atomic mass is 16.6. The molecule has 6 nitrogen and oxygen atoms in total. The lowest BCUT2D eigenvalue weighted by Gasteiger charge is -2.18. The largest absolute Gasteiger partial charge is 0.462 e. The molecule has 0 bridgehead atoms. The average Bonchev–Trinajstić information content (AvgIpc) is 3.45. The van der Waals surface area contributed by atoms with Gasteiger partial charge in [-0.05, 0) is 109 Å². The van der Waals surface area contributed by atoms with Crippen LogP contribution in [0.25, 0.3) is 0 Å². The first-order chi connectivity index (χ1) is 39.0. The van der Waals surface area contributed by atoms with E-state index < -0.39 is 6.10 Å². The summed E-state index contributed by atoms with van der Waals surface area (Å²) in [7, 11) is 0. The Balaban J connectivity index is 4.45. The summed E-state index contributed by atoms with van der Waals surface area (Å²) in [6.45, 7) is 6.44. The molecule has 0 aromatic rings. The molecule has 1 unspecified atom stereocenters. The smallest absolute Gasteiger partial charge is 0.306 e. The van der Waals surface area contributed by atoms with E-state index in [4.69, 9.17) is 14.2 Å². The molecule has 0 aromatic heterocycles. The maximum atomic E-state index is 12.9. The molecule has 0 saturated carbocycles. The van der Waals surface area contributed by atoms with Gasteiger partial charge in [0.15, 0.2) is 6.10 Å². The molecule has 0 radical (unpaired) electrons. The van der Waals surface area contributed by atoms with Crippen molar-refractivity contribution in [2.45, 2.75) is 297 Å². The zero-order chi connectivity index (χ0) is 57.1. The molecule has 0 heterocycles. The Hall–Kier alpha value is -4.45. The summed E-state index contributed by atoms with van der Waals surface area (Å²) in [5.74, 6) is -0.974. The molecule has 0 rings (SSSR count). The molecule has 0 aromatic carbocycles. The van der Waals surface area contributed by atoms with Crippen LogP contribution in [-0.2, 0) is 28.6 Å². The maximum Gasteiger partial charge on any atom is 0.306 e. The number of hydrogen-bond donors (Lipinski definition) is 0. The van der Waals surface area contributed by atoms with Crippen molar-refractivity contribution in [2.75, 3.05) is 13.2 Å². The van der Waals surface area contributed by atoms with Crippen molar-refractivity contribution >= 4 is 17.9 Å². The standard InChI is InChI=1S/C73H120O6/c1-4-7-10-13-16-19-22-25-28-30-32-33-34-35-36-37-38-39-40-41-42-44-45-48-51-54-57-60-63-66-72(75)78-69-70(68-77-71(74)65-62-59-56-53-50-47-27-24-21-18-15-12-9-6-3)79-73(76)67-64-61-58-55-52-49-46-43-31-29-26-23-20-17-14-11-8-5-2/h7,10,15-16,18-19,24-25,27-28,32-33,35-36,38-39,41-42,45,48,54,57,70H,4-6,8-9,11-14,17,20-23,26,29-31,34,37,40,43-44,46-47,49-53,55-56,58-69H2,1-3H3/b10-7-,18-15-,19-16-,27-24-,28-25-,33-32-,36-35-,39-38-,42-41-,48-45-,57-54-. The van der Waals surface area contributed by atoms with E-state index >= 15 is 0 Å². The Morgan fingerprint density at radius 2 is 0.519 bits per heavy atom. The van der Waals surface area contributed by atoms with Crippen LogP contribution in [-0.4, -0.2) is 37.2 Å². The highest BCUT2D eigenvalue weighted by molar-refractivity contribution is 5.71. The van der Waals surface area contributed by atoms with Gasteiger partial charge in [0.05, 0.1) is 0 Å². The van der Waals surface area contributed by atoms with Crippen molar-refractivity contribution in [1.82, 2.24) is 0 Å². The van der Waals surface area contributed by atoms with E-state index in [0.29, 0.717) is 19.3 Å². The molecule has 1 atom stereocenters.